The van der Waals surface area contributed by atoms with Gasteiger partial charge in [0.2, 0.25) is 0 Å². The average Bonchev–Trinajstić information content (AvgIpc) is 2.45. The number of nitro groups is 1. The van der Waals surface area contributed by atoms with Gasteiger partial charge in [-0.2, -0.15) is 11.8 Å². The Hall–Kier alpha value is -1.80. The summed E-state index contributed by atoms with van der Waals surface area (Å²) in [5, 5.41) is 13.7. The van der Waals surface area contributed by atoms with Crippen LogP contribution < -0.4 is 16.6 Å². The molecule has 0 aliphatic rings. The third-order valence-corrected chi connectivity index (χ3v) is 3.38. The molecule has 20 heavy (non-hydrogen) atoms. The smallest absolute Gasteiger partial charge is 0.306 e. The number of rotatable bonds is 8. The number of nitrogens with two attached hydrogens (primary N) is 1. The van der Waals surface area contributed by atoms with Crippen LogP contribution in [0.3, 0.4) is 0 Å². The molecule has 4 N–H and O–H groups in total. The summed E-state index contributed by atoms with van der Waals surface area (Å²) in [7, 11) is 0. The number of para-hydroxylation sites is 1. The SMILES string of the molecule is CSCCCCNC(=O)c1cccc(NN)c1[N+](=O)[O-]. The van der Waals surface area contributed by atoms with E-state index >= 15 is 0 Å². The quantitative estimate of drug-likeness (QED) is 0.292. The summed E-state index contributed by atoms with van der Waals surface area (Å²) in [5.41, 5.74) is 2.05. The lowest BCUT2D eigenvalue weighted by molar-refractivity contribution is -0.384. The van der Waals surface area contributed by atoms with Crippen LogP contribution in [0.5, 0.6) is 0 Å². The lowest BCUT2D eigenvalue weighted by Gasteiger charge is -2.08. The maximum absolute atomic E-state index is 12.0. The van der Waals surface area contributed by atoms with E-state index in [4.69, 9.17) is 5.84 Å². The van der Waals surface area contributed by atoms with Gasteiger partial charge in [0, 0.05) is 6.54 Å². The third kappa shape index (κ3) is 4.39. The molecule has 1 amide bonds. The van der Waals surface area contributed by atoms with Crippen LogP contribution in [0.4, 0.5) is 11.4 Å². The zero-order chi connectivity index (χ0) is 15.0. The van der Waals surface area contributed by atoms with Gasteiger partial charge < -0.3 is 10.7 Å². The molecular weight excluding hydrogens is 280 g/mol. The molecule has 0 atom stereocenters. The normalized spacial score (nSPS) is 10.1. The van der Waals surface area contributed by atoms with Crippen molar-refractivity contribution in [3.05, 3.63) is 33.9 Å². The Balaban J connectivity index is 2.75. The van der Waals surface area contributed by atoms with Crippen molar-refractivity contribution in [1.82, 2.24) is 5.32 Å². The van der Waals surface area contributed by atoms with Crippen LogP contribution in [0, 0.1) is 10.1 Å². The number of carbonyl (C=O) groups excluding carboxylic acids is 1. The Morgan fingerprint density at radius 2 is 2.20 bits per heavy atom. The maximum atomic E-state index is 12.0. The molecule has 8 heteroatoms. The van der Waals surface area contributed by atoms with E-state index in [1.165, 1.54) is 12.1 Å². The average molecular weight is 298 g/mol. The summed E-state index contributed by atoms with van der Waals surface area (Å²) >= 11 is 1.74. The molecule has 7 nitrogen and oxygen atoms in total. The van der Waals surface area contributed by atoms with E-state index < -0.39 is 10.8 Å². The molecule has 0 aromatic heterocycles. The van der Waals surface area contributed by atoms with Crippen molar-refractivity contribution in [2.45, 2.75) is 12.8 Å². The molecule has 1 aromatic carbocycles. The molecule has 1 rings (SSSR count). The van der Waals surface area contributed by atoms with Gasteiger partial charge in [0.15, 0.2) is 0 Å². The summed E-state index contributed by atoms with van der Waals surface area (Å²) < 4.78 is 0. The van der Waals surface area contributed by atoms with Crippen LogP contribution in [0.25, 0.3) is 0 Å². The molecule has 0 saturated heterocycles. The fraction of sp³-hybridized carbons (Fsp3) is 0.417. The van der Waals surface area contributed by atoms with Gasteiger partial charge in [0.05, 0.1) is 4.92 Å². The van der Waals surface area contributed by atoms with E-state index in [9.17, 15) is 14.9 Å². The highest BCUT2D eigenvalue weighted by atomic mass is 32.2. The van der Waals surface area contributed by atoms with Crippen molar-refractivity contribution >= 4 is 29.0 Å². The number of anilines is 1. The fourth-order valence-corrected chi connectivity index (χ4v) is 2.20. The number of hydrogen-bond acceptors (Lipinski definition) is 6. The van der Waals surface area contributed by atoms with Gasteiger partial charge in [-0.3, -0.25) is 20.8 Å². The Labute approximate surface area is 121 Å². The minimum atomic E-state index is -0.613. The lowest BCUT2D eigenvalue weighted by atomic mass is 10.1. The zero-order valence-electron chi connectivity index (χ0n) is 11.2. The second-order valence-corrected chi connectivity index (χ2v) is 5.04. The minimum Gasteiger partial charge on any atom is -0.352 e. The highest BCUT2D eigenvalue weighted by Crippen LogP contribution is 2.27. The fourth-order valence-electron chi connectivity index (χ4n) is 1.71. The number of nitrogens with zero attached hydrogens (tertiary/aromatic N) is 1. The summed E-state index contributed by atoms with van der Waals surface area (Å²) in [6.45, 7) is 0.497. The van der Waals surface area contributed by atoms with Crippen molar-refractivity contribution < 1.29 is 9.72 Å². The van der Waals surface area contributed by atoms with Gasteiger partial charge in [-0.05, 0) is 37.0 Å². The van der Waals surface area contributed by atoms with Crippen LogP contribution in [-0.2, 0) is 0 Å². The number of nitro benzene ring substituents is 1. The van der Waals surface area contributed by atoms with Crippen LogP contribution in [0.15, 0.2) is 18.2 Å². The van der Waals surface area contributed by atoms with Gasteiger partial charge in [0.25, 0.3) is 5.91 Å². The number of thioether (sulfide) groups is 1. The second-order valence-electron chi connectivity index (χ2n) is 4.06. The first-order valence-electron chi connectivity index (χ1n) is 6.13. The van der Waals surface area contributed by atoms with E-state index in [0.717, 1.165) is 18.6 Å². The summed E-state index contributed by atoms with van der Waals surface area (Å²) in [6.07, 6.45) is 3.86. The topological polar surface area (TPSA) is 110 Å². The first-order valence-corrected chi connectivity index (χ1v) is 7.52. The van der Waals surface area contributed by atoms with E-state index in [2.05, 4.69) is 10.7 Å². The minimum absolute atomic E-state index is 0.00955. The predicted octanol–water partition coefficient (Wildman–Crippen LogP) is 1.75. The molecule has 1 aromatic rings. The Morgan fingerprint density at radius 1 is 1.45 bits per heavy atom. The molecule has 0 saturated carbocycles. The molecule has 0 spiro atoms. The standard InChI is InChI=1S/C12H18N4O3S/c1-20-8-3-2-7-14-12(17)9-5-4-6-10(15-13)11(9)16(18)19/h4-6,15H,2-3,7-8,13H2,1H3,(H,14,17). The third-order valence-electron chi connectivity index (χ3n) is 2.68. The first kappa shape index (κ1) is 16.3. The molecule has 0 aliphatic heterocycles. The van der Waals surface area contributed by atoms with E-state index in [0.29, 0.717) is 6.54 Å². The van der Waals surface area contributed by atoms with Gasteiger partial charge in [-0.15, -0.1) is 0 Å². The van der Waals surface area contributed by atoms with Crippen molar-refractivity contribution in [3.8, 4) is 0 Å². The predicted molar refractivity (Wildman–Crippen MR) is 80.9 cm³/mol. The van der Waals surface area contributed by atoms with Gasteiger partial charge >= 0.3 is 5.69 Å². The van der Waals surface area contributed by atoms with E-state index in [-0.39, 0.29) is 16.9 Å². The largest absolute Gasteiger partial charge is 0.352 e. The summed E-state index contributed by atoms with van der Waals surface area (Å²) in [5.74, 6) is 5.79. The summed E-state index contributed by atoms with van der Waals surface area (Å²) in [4.78, 5) is 22.4. The van der Waals surface area contributed by atoms with Crippen LogP contribution in [0.1, 0.15) is 23.2 Å². The van der Waals surface area contributed by atoms with E-state index in [1.807, 2.05) is 6.26 Å². The highest BCUT2D eigenvalue weighted by Gasteiger charge is 2.23. The molecule has 0 radical (unpaired) electrons. The van der Waals surface area contributed by atoms with Crippen molar-refractivity contribution in [2.75, 3.05) is 24.0 Å². The molecule has 0 bridgehead atoms. The molecule has 0 unspecified atom stereocenters. The molecule has 0 heterocycles. The highest BCUT2D eigenvalue weighted by molar-refractivity contribution is 7.98. The number of unbranched alkanes of at least 4 members (excludes halogenated alkanes) is 1. The molecular formula is C12H18N4O3S. The Bertz CT molecular complexity index is 482. The number of carbonyl (C=O) groups is 1. The van der Waals surface area contributed by atoms with Crippen molar-refractivity contribution in [3.63, 3.8) is 0 Å². The zero-order valence-corrected chi connectivity index (χ0v) is 12.0. The second kappa shape index (κ2) is 8.39. The number of amides is 1. The number of nitrogen functional groups attached to an aromatic ring is 1. The van der Waals surface area contributed by atoms with Gasteiger partial charge in [0.1, 0.15) is 11.3 Å². The monoisotopic (exact) mass is 298 g/mol. The number of benzene rings is 1. The van der Waals surface area contributed by atoms with Crippen LogP contribution >= 0.6 is 11.8 Å². The van der Waals surface area contributed by atoms with Crippen molar-refractivity contribution in [1.29, 1.82) is 0 Å². The number of hydrazine groups is 1. The van der Waals surface area contributed by atoms with Gasteiger partial charge in [-0.25, -0.2) is 0 Å². The number of nitrogens with one attached hydrogen (secondary N) is 2. The first-order chi connectivity index (χ1) is 9.61. The van der Waals surface area contributed by atoms with Crippen LogP contribution in [-0.4, -0.2) is 29.4 Å². The molecule has 0 aliphatic carbocycles. The molecule has 110 valence electrons. The maximum Gasteiger partial charge on any atom is 0.306 e. The van der Waals surface area contributed by atoms with Crippen LogP contribution in [0.2, 0.25) is 0 Å². The molecule has 0 fully saturated rings. The van der Waals surface area contributed by atoms with E-state index in [1.54, 1.807) is 17.8 Å². The number of hydrogen-bond donors (Lipinski definition) is 3. The van der Waals surface area contributed by atoms with Crippen molar-refractivity contribution in [2.24, 2.45) is 5.84 Å². The lowest BCUT2D eigenvalue weighted by Crippen LogP contribution is -2.25. The van der Waals surface area contributed by atoms with Gasteiger partial charge in [-0.1, -0.05) is 6.07 Å². The summed E-state index contributed by atoms with van der Waals surface area (Å²) in [6, 6.07) is 4.41. The Morgan fingerprint density at radius 3 is 2.80 bits per heavy atom. The Kier molecular flexibility index (Phi) is 6.82.